The van der Waals surface area contributed by atoms with Crippen molar-refractivity contribution in [2.24, 2.45) is 0 Å². The van der Waals surface area contributed by atoms with Crippen LogP contribution in [0.2, 0.25) is 5.02 Å². The lowest BCUT2D eigenvalue weighted by Crippen LogP contribution is -1.95. The van der Waals surface area contributed by atoms with Gasteiger partial charge in [0.25, 0.3) is 0 Å². The summed E-state index contributed by atoms with van der Waals surface area (Å²) in [4.78, 5) is 18.2. The van der Waals surface area contributed by atoms with Crippen LogP contribution in [-0.4, -0.2) is 19.9 Å². The summed E-state index contributed by atoms with van der Waals surface area (Å²) in [5, 5.41) is 2.56. The Morgan fingerprint density at radius 2 is 1.48 bits per heavy atom. The fourth-order valence-electron chi connectivity index (χ4n) is 3.93. The number of imidazole rings is 1. The van der Waals surface area contributed by atoms with Crippen LogP contribution in [0.5, 0.6) is 0 Å². The van der Waals surface area contributed by atoms with Gasteiger partial charge < -0.3 is 4.98 Å². The summed E-state index contributed by atoms with van der Waals surface area (Å²) in [5.41, 5.74) is 7.08. The smallest absolute Gasteiger partial charge is 0.142 e. The lowest BCUT2D eigenvalue weighted by Gasteiger charge is -2.12. The Bertz CT molecular complexity index is 1550. The van der Waals surface area contributed by atoms with E-state index in [-0.39, 0.29) is 0 Å². The van der Waals surface area contributed by atoms with Crippen LogP contribution in [0, 0.1) is 6.92 Å². The van der Waals surface area contributed by atoms with E-state index in [2.05, 4.69) is 18.0 Å². The summed E-state index contributed by atoms with van der Waals surface area (Å²) in [6, 6.07) is 22.1. The van der Waals surface area contributed by atoms with E-state index in [0.29, 0.717) is 10.8 Å². The number of aryl methyl sites for hydroxylation is 1. The maximum atomic E-state index is 6.94. The van der Waals surface area contributed by atoms with Crippen LogP contribution in [0.3, 0.4) is 0 Å². The number of fused-ring (bicyclic) bond motifs is 5. The number of rotatable bonds is 1. The summed E-state index contributed by atoms with van der Waals surface area (Å²) in [6.45, 7) is 2.05. The first-order chi connectivity index (χ1) is 14.2. The standard InChI is InChI=1S/C24H15ClN4/c1-13-10-11-18-19(12-13)27-23-20(24-28-16-8-4-5-9-17(16)29-24)21(25)14-6-2-3-7-15(14)22(23)26-18/h2-12H,1H3,(H,28,29). The molecule has 5 heteroatoms. The first-order valence-corrected chi connectivity index (χ1v) is 9.80. The van der Waals surface area contributed by atoms with Crippen LogP contribution in [0.15, 0.2) is 66.7 Å². The third-order valence-electron chi connectivity index (χ3n) is 5.32. The molecule has 0 saturated carbocycles. The van der Waals surface area contributed by atoms with E-state index in [1.807, 2.05) is 60.7 Å². The molecule has 0 aliphatic heterocycles. The summed E-state index contributed by atoms with van der Waals surface area (Å²) in [5.74, 6) is 0.702. The van der Waals surface area contributed by atoms with Crippen molar-refractivity contribution in [3.05, 3.63) is 77.3 Å². The van der Waals surface area contributed by atoms with Crippen molar-refractivity contribution in [2.45, 2.75) is 6.92 Å². The number of hydrogen-bond acceptors (Lipinski definition) is 3. The molecular formula is C24H15ClN4. The van der Waals surface area contributed by atoms with E-state index in [9.17, 15) is 0 Å². The van der Waals surface area contributed by atoms with Gasteiger partial charge in [0.15, 0.2) is 0 Å². The Hall–Kier alpha value is -3.50. The van der Waals surface area contributed by atoms with Crippen LogP contribution in [0.1, 0.15) is 5.56 Å². The lowest BCUT2D eigenvalue weighted by molar-refractivity contribution is 1.32. The van der Waals surface area contributed by atoms with Gasteiger partial charge in [0.05, 0.1) is 38.2 Å². The molecule has 0 fully saturated rings. The fourth-order valence-corrected chi connectivity index (χ4v) is 4.28. The second-order valence-corrected chi connectivity index (χ2v) is 7.63. The van der Waals surface area contributed by atoms with Gasteiger partial charge in [-0.2, -0.15) is 0 Å². The van der Waals surface area contributed by atoms with Gasteiger partial charge in [-0.3, -0.25) is 0 Å². The van der Waals surface area contributed by atoms with Crippen LogP contribution in [0.4, 0.5) is 0 Å². The van der Waals surface area contributed by atoms with Gasteiger partial charge in [-0.15, -0.1) is 0 Å². The van der Waals surface area contributed by atoms with E-state index >= 15 is 0 Å². The monoisotopic (exact) mass is 394 g/mol. The molecule has 0 spiro atoms. The van der Waals surface area contributed by atoms with Crippen molar-refractivity contribution < 1.29 is 0 Å². The zero-order chi connectivity index (χ0) is 19.5. The van der Waals surface area contributed by atoms with Gasteiger partial charge in [-0.05, 0) is 36.8 Å². The first kappa shape index (κ1) is 16.5. The molecule has 0 saturated heterocycles. The van der Waals surface area contributed by atoms with Crippen LogP contribution < -0.4 is 0 Å². The number of nitrogens with one attached hydrogen (secondary N) is 1. The van der Waals surface area contributed by atoms with Crippen LogP contribution in [-0.2, 0) is 0 Å². The first-order valence-electron chi connectivity index (χ1n) is 9.42. The van der Waals surface area contributed by atoms with Crippen LogP contribution >= 0.6 is 11.6 Å². The summed E-state index contributed by atoms with van der Waals surface area (Å²) < 4.78 is 0. The summed E-state index contributed by atoms with van der Waals surface area (Å²) in [6.07, 6.45) is 0. The quantitative estimate of drug-likeness (QED) is 0.258. The Kier molecular flexibility index (Phi) is 3.40. The summed E-state index contributed by atoms with van der Waals surface area (Å²) in [7, 11) is 0. The SMILES string of the molecule is Cc1ccc2nc3c(nc2c1)c(-c1nc2ccccc2[nH]1)c(Cl)c1ccccc13. The lowest BCUT2D eigenvalue weighted by atomic mass is 10.0. The molecule has 6 aromatic rings. The normalized spacial score (nSPS) is 11.8. The molecule has 138 valence electrons. The zero-order valence-corrected chi connectivity index (χ0v) is 16.3. The van der Waals surface area contributed by atoms with Crippen molar-refractivity contribution >= 4 is 55.5 Å². The highest BCUT2D eigenvalue weighted by molar-refractivity contribution is 6.41. The molecule has 0 atom stereocenters. The molecule has 0 bridgehead atoms. The third-order valence-corrected chi connectivity index (χ3v) is 5.71. The maximum Gasteiger partial charge on any atom is 0.142 e. The highest BCUT2D eigenvalue weighted by Crippen LogP contribution is 2.40. The largest absolute Gasteiger partial charge is 0.338 e. The van der Waals surface area contributed by atoms with Crippen molar-refractivity contribution in [2.75, 3.05) is 0 Å². The topological polar surface area (TPSA) is 54.5 Å². The molecule has 0 amide bonds. The average Bonchev–Trinajstić information content (AvgIpc) is 3.16. The number of halogens is 1. The molecule has 29 heavy (non-hydrogen) atoms. The number of H-pyrrole nitrogens is 1. The molecule has 0 aliphatic rings. The average molecular weight is 395 g/mol. The fraction of sp³-hybridized carbons (Fsp3) is 0.0417. The Balaban J connectivity index is 1.83. The minimum Gasteiger partial charge on any atom is -0.338 e. The second-order valence-electron chi connectivity index (χ2n) is 7.25. The molecule has 0 unspecified atom stereocenters. The van der Waals surface area contributed by atoms with E-state index in [0.717, 1.165) is 55.0 Å². The van der Waals surface area contributed by atoms with Crippen molar-refractivity contribution in [1.82, 2.24) is 19.9 Å². The number of benzene rings is 4. The van der Waals surface area contributed by atoms with Gasteiger partial charge in [0, 0.05) is 10.8 Å². The number of aromatic nitrogens is 4. The summed E-state index contributed by atoms with van der Waals surface area (Å²) >= 11 is 6.94. The highest BCUT2D eigenvalue weighted by atomic mass is 35.5. The van der Waals surface area contributed by atoms with E-state index in [4.69, 9.17) is 26.6 Å². The number of nitrogens with zero attached hydrogens (tertiary/aromatic N) is 3. The van der Waals surface area contributed by atoms with Crippen molar-refractivity contribution in [3.63, 3.8) is 0 Å². The molecule has 2 aromatic heterocycles. The minimum absolute atomic E-state index is 0.633. The van der Waals surface area contributed by atoms with E-state index in [1.165, 1.54) is 0 Å². The molecule has 0 radical (unpaired) electrons. The number of para-hydroxylation sites is 2. The molecule has 4 aromatic carbocycles. The molecule has 0 aliphatic carbocycles. The Morgan fingerprint density at radius 3 is 2.34 bits per heavy atom. The Morgan fingerprint density at radius 1 is 0.724 bits per heavy atom. The van der Waals surface area contributed by atoms with Gasteiger partial charge in [-0.25, -0.2) is 15.0 Å². The molecule has 2 heterocycles. The molecular weight excluding hydrogens is 380 g/mol. The Labute approximate surface area is 171 Å². The molecule has 6 rings (SSSR count). The maximum absolute atomic E-state index is 6.94. The predicted molar refractivity (Wildman–Crippen MR) is 119 cm³/mol. The number of hydrogen-bond donors (Lipinski definition) is 1. The van der Waals surface area contributed by atoms with E-state index < -0.39 is 0 Å². The number of aromatic amines is 1. The van der Waals surface area contributed by atoms with Crippen molar-refractivity contribution in [1.29, 1.82) is 0 Å². The second kappa shape index (κ2) is 6.00. The third kappa shape index (κ3) is 2.43. The highest BCUT2D eigenvalue weighted by Gasteiger charge is 2.20. The van der Waals surface area contributed by atoms with Crippen LogP contribution in [0.25, 0.3) is 55.3 Å². The van der Waals surface area contributed by atoms with Gasteiger partial charge in [-0.1, -0.05) is 54.1 Å². The zero-order valence-electron chi connectivity index (χ0n) is 15.6. The molecule has 4 nitrogen and oxygen atoms in total. The predicted octanol–water partition coefficient (Wildman–Crippen LogP) is 6.44. The van der Waals surface area contributed by atoms with Gasteiger partial charge >= 0.3 is 0 Å². The van der Waals surface area contributed by atoms with Gasteiger partial charge in [0.2, 0.25) is 0 Å². The van der Waals surface area contributed by atoms with Crippen molar-refractivity contribution in [3.8, 4) is 11.4 Å². The van der Waals surface area contributed by atoms with Gasteiger partial charge in [0.1, 0.15) is 11.3 Å². The molecule has 1 N–H and O–H groups in total. The van der Waals surface area contributed by atoms with E-state index in [1.54, 1.807) is 0 Å². The minimum atomic E-state index is 0.633.